The van der Waals surface area contributed by atoms with Crippen LogP contribution in [-0.2, 0) is 4.74 Å². The van der Waals surface area contributed by atoms with Crippen LogP contribution in [0.5, 0.6) is 0 Å². The summed E-state index contributed by atoms with van der Waals surface area (Å²) in [5.41, 5.74) is 3.39. The number of methoxy groups -OCH3 is 1. The number of aryl methyl sites for hydroxylation is 2. The highest BCUT2D eigenvalue weighted by Gasteiger charge is 2.16. The Bertz CT molecular complexity index is 379. The molecule has 0 heterocycles. The van der Waals surface area contributed by atoms with E-state index < -0.39 is 6.10 Å². The van der Waals surface area contributed by atoms with E-state index in [1.54, 1.807) is 7.11 Å². The van der Waals surface area contributed by atoms with E-state index >= 15 is 0 Å². The van der Waals surface area contributed by atoms with Crippen LogP contribution in [0.15, 0.2) is 18.2 Å². The Kier molecular flexibility index (Phi) is 5.79. The third-order valence-corrected chi connectivity index (χ3v) is 3.41. The van der Waals surface area contributed by atoms with Gasteiger partial charge >= 0.3 is 0 Å². The molecule has 3 nitrogen and oxygen atoms in total. The maximum Gasteiger partial charge on any atom is 0.0919 e. The summed E-state index contributed by atoms with van der Waals surface area (Å²) in [4.78, 5) is 2.12. The van der Waals surface area contributed by atoms with E-state index in [1.807, 2.05) is 26.1 Å². The summed E-state index contributed by atoms with van der Waals surface area (Å²) in [5.74, 6) is 0. The molecule has 1 aromatic carbocycles. The summed E-state index contributed by atoms with van der Waals surface area (Å²) in [6.45, 7) is 7.50. The standard InChI is InChI=1S/C15H25NO2/c1-11-6-7-14(12(2)8-11)15(17)9-16(4)13(3)10-18-5/h6-8,13,15,17H,9-10H2,1-5H3. The predicted molar refractivity (Wildman–Crippen MR) is 74.8 cm³/mol. The van der Waals surface area contributed by atoms with E-state index in [1.165, 1.54) is 5.56 Å². The number of benzene rings is 1. The van der Waals surface area contributed by atoms with E-state index in [4.69, 9.17) is 4.74 Å². The lowest BCUT2D eigenvalue weighted by Gasteiger charge is -2.27. The molecule has 0 spiro atoms. The van der Waals surface area contributed by atoms with Gasteiger partial charge in [-0.25, -0.2) is 0 Å². The maximum atomic E-state index is 10.3. The lowest BCUT2D eigenvalue weighted by molar-refractivity contribution is 0.0706. The van der Waals surface area contributed by atoms with Crippen LogP contribution in [-0.4, -0.2) is 43.4 Å². The molecule has 1 N–H and O–H groups in total. The van der Waals surface area contributed by atoms with Crippen molar-refractivity contribution in [2.24, 2.45) is 0 Å². The molecule has 2 atom stereocenters. The van der Waals surface area contributed by atoms with Crippen molar-refractivity contribution >= 4 is 0 Å². The Morgan fingerprint density at radius 2 is 2.00 bits per heavy atom. The predicted octanol–water partition coefficient (Wildman–Crippen LogP) is 2.30. The van der Waals surface area contributed by atoms with Crippen molar-refractivity contribution in [1.82, 2.24) is 4.90 Å². The molecule has 2 unspecified atom stereocenters. The van der Waals surface area contributed by atoms with Gasteiger partial charge < -0.3 is 9.84 Å². The number of nitrogens with zero attached hydrogens (tertiary/aromatic N) is 1. The van der Waals surface area contributed by atoms with Gasteiger partial charge in [-0.05, 0) is 38.9 Å². The monoisotopic (exact) mass is 251 g/mol. The summed E-state index contributed by atoms with van der Waals surface area (Å²) in [6, 6.07) is 6.47. The molecule has 1 aromatic rings. The Labute approximate surface area is 110 Å². The molecule has 3 heteroatoms. The molecule has 0 aromatic heterocycles. The molecule has 18 heavy (non-hydrogen) atoms. The highest BCUT2D eigenvalue weighted by molar-refractivity contribution is 5.32. The van der Waals surface area contributed by atoms with Gasteiger partial charge in [0.15, 0.2) is 0 Å². The van der Waals surface area contributed by atoms with Crippen LogP contribution in [0.1, 0.15) is 29.7 Å². The molecule has 0 amide bonds. The molecule has 102 valence electrons. The molecule has 1 rings (SSSR count). The molecule has 0 radical (unpaired) electrons. The topological polar surface area (TPSA) is 32.7 Å². The first-order chi connectivity index (χ1) is 8.45. The van der Waals surface area contributed by atoms with Gasteiger partial charge in [0.2, 0.25) is 0 Å². The number of rotatable bonds is 6. The highest BCUT2D eigenvalue weighted by atomic mass is 16.5. The Hall–Kier alpha value is -0.900. The molecule has 0 aliphatic rings. The fourth-order valence-corrected chi connectivity index (χ4v) is 2.12. The highest BCUT2D eigenvalue weighted by Crippen LogP contribution is 2.20. The third kappa shape index (κ3) is 4.09. The molecular formula is C15H25NO2. The molecular weight excluding hydrogens is 226 g/mol. The largest absolute Gasteiger partial charge is 0.387 e. The van der Waals surface area contributed by atoms with Crippen LogP contribution < -0.4 is 0 Å². The average Bonchev–Trinajstić information content (AvgIpc) is 2.28. The summed E-state index contributed by atoms with van der Waals surface area (Å²) in [5, 5.41) is 10.3. The van der Waals surface area contributed by atoms with Crippen molar-refractivity contribution in [3.63, 3.8) is 0 Å². The van der Waals surface area contributed by atoms with E-state index in [-0.39, 0.29) is 0 Å². The number of aliphatic hydroxyl groups excluding tert-OH is 1. The van der Waals surface area contributed by atoms with Crippen molar-refractivity contribution in [3.8, 4) is 0 Å². The first-order valence-electron chi connectivity index (χ1n) is 6.40. The Morgan fingerprint density at radius 3 is 2.56 bits per heavy atom. The van der Waals surface area contributed by atoms with E-state index in [0.29, 0.717) is 19.2 Å². The number of hydrogen-bond donors (Lipinski definition) is 1. The first-order valence-corrected chi connectivity index (χ1v) is 6.40. The van der Waals surface area contributed by atoms with Crippen molar-refractivity contribution in [3.05, 3.63) is 34.9 Å². The van der Waals surface area contributed by atoms with Crippen molar-refractivity contribution in [2.75, 3.05) is 27.3 Å². The van der Waals surface area contributed by atoms with Gasteiger partial charge in [-0.2, -0.15) is 0 Å². The van der Waals surface area contributed by atoms with Crippen molar-refractivity contribution in [1.29, 1.82) is 0 Å². The number of aliphatic hydroxyl groups is 1. The Balaban J connectivity index is 2.67. The van der Waals surface area contributed by atoms with E-state index in [2.05, 4.69) is 24.8 Å². The van der Waals surface area contributed by atoms with Crippen molar-refractivity contribution < 1.29 is 9.84 Å². The molecule has 0 saturated heterocycles. The lowest BCUT2D eigenvalue weighted by atomic mass is 10.0. The van der Waals surface area contributed by atoms with Crippen LogP contribution in [0.25, 0.3) is 0 Å². The third-order valence-electron chi connectivity index (χ3n) is 3.41. The maximum absolute atomic E-state index is 10.3. The number of ether oxygens (including phenoxy) is 1. The van der Waals surface area contributed by atoms with Gasteiger partial charge in [0.25, 0.3) is 0 Å². The van der Waals surface area contributed by atoms with Gasteiger partial charge in [-0.3, -0.25) is 4.90 Å². The van der Waals surface area contributed by atoms with E-state index in [0.717, 1.165) is 11.1 Å². The molecule has 0 saturated carbocycles. The Morgan fingerprint density at radius 1 is 1.33 bits per heavy atom. The number of hydrogen-bond acceptors (Lipinski definition) is 3. The fraction of sp³-hybridized carbons (Fsp3) is 0.600. The summed E-state index contributed by atoms with van der Waals surface area (Å²) >= 11 is 0. The first kappa shape index (κ1) is 15.2. The van der Waals surface area contributed by atoms with E-state index in [9.17, 15) is 5.11 Å². The van der Waals surface area contributed by atoms with Gasteiger partial charge in [0.1, 0.15) is 0 Å². The minimum absolute atomic E-state index is 0.301. The molecule has 0 fully saturated rings. The molecule has 0 aliphatic heterocycles. The second kappa shape index (κ2) is 6.88. The van der Waals surface area contributed by atoms with Crippen molar-refractivity contribution in [2.45, 2.75) is 32.9 Å². The van der Waals surface area contributed by atoms with Gasteiger partial charge in [-0.1, -0.05) is 23.8 Å². The zero-order valence-electron chi connectivity index (χ0n) is 12.1. The zero-order valence-corrected chi connectivity index (χ0v) is 12.1. The minimum atomic E-state index is -0.449. The number of likely N-dealkylation sites (N-methyl/N-ethyl adjacent to an activating group) is 1. The van der Waals surface area contributed by atoms with Crippen LogP contribution in [0, 0.1) is 13.8 Å². The quantitative estimate of drug-likeness (QED) is 0.842. The van der Waals surface area contributed by atoms with Crippen LogP contribution in [0.3, 0.4) is 0 Å². The fourth-order valence-electron chi connectivity index (χ4n) is 2.12. The normalized spacial score (nSPS) is 14.8. The average molecular weight is 251 g/mol. The minimum Gasteiger partial charge on any atom is -0.387 e. The molecule has 0 bridgehead atoms. The molecule has 0 aliphatic carbocycles. The van der Waals surface area contributed by atoms with Crippen LogP contribution >= 0.6 is 0 Å². The second-order valence-electron chi connectivity index (χ2n) is 5.12. The van der Waals surface area contributed by atoms with Crippen LogP contribution in [0.2, 0.25) is 0 Å². The SMILES string of the molecule is COCC(C)N(C)CC(O)c1ccc(C)cc1C. The van der Waals surface area contributed by atoms with Crippen LogP contribution in [0.4, 0.5) is 0 Å². The summed E-state index contributed by atoms with van der Waals surface area (Å²) in [7, 11) is 3.71. The zero-order chi connectivity index (χ0) is 13.7. The second-order valence-corrected chi connectivity index (χ2v) is 5.12. The van der Waals surface area contributed by atoms with Gasteiger partial charge in [-0.15, -0.1) is 0 Å². The summed E-state index contributed by atoms with van der Waals surface area (Å²) < 4.78 is 5.13. The lowest BCUT2D eigenvalue weighted by Crippen LogP contribution is -2.36. The summed E-state index contributed by atoms with van der Waals surface area (Å²) in [6.07, 6.45) is -0.449. The van der Waals surface area contributed by atoms with Gasteiger partial charge in [0, 0.05) is 19.7 Å². The van der Waals surface area contributed by atoms with Gasteiger partial charge in [0.05, 0.1) is 12.7 Å². The smallest absolute Gasteiger partial charge is 0.0919 e.